The maximum atomic E-state index is 11.6. The van der Waals surface area contributed by atoms with E-state index in [2.05, 4.69) is 10.1 Å². The lowest BCUT2D eigenvalue weighted by atomic mass is 10.1. The zero-order valence-electron chi connectivity index (χ0n) is 11.1. The van der Waals surface area contributed by atoms with E-state index < -0.39 is 5.60 Å². The topological polar surface area (TPSA) is 78.9 Å². The van der Waals surface area contributed by atoms with Gasteiger partial charge in [0.2, 0.25) is 5.91 Å². The highest BCUT2D eigenvalue weighted by atomic mass is 16.5. The molecule has 6 heteroatoms. The maximum Gasteiger partial charge on any atom is 0.305 e. The van der Waals surface area contributed by atoms with Crippen LogP contribution in [0.5, 0.6) is 0 Å². The van der Waals surface area contributed by atoms with Crippen LogP contribution in [-0.4, -0.2) is 60.8 Å². The fraction of sp³-hybridized carbons (Fsp3) is 0.833. The molecule has 1 unspecified atom stereocenters. The second kappa shape index (κ2) is 6.70. The molecule has 1 amide bonds. The number of carbonyl (C=O) groups excluding carboxylic acids is 2. The Morgan fingerprint density at radius 1 is 1.50 bits per heavy atom. The highest BCUT2D eigenvalue weighted by Gasteiger charge is 2.31. The quantitative estimate of drug-likeness (QED) is 0.496. The number of esters is 1. The highest BCUT2D eigenvalue weighted by molar-refractivity contribution is 5.78. The molecule has 0 aromatic carbocycles. The molecular weight excluding hydrogens is 236 g/mol. The van der Waals surface area contributed by atoms with Gasteiger partial charge in [0, 0.05) is 26.1 Å². The standard InChI is InChI=1S/C12H22N2O4/c1-12(17)5-7-14(9-12)8-10(15)13-6-3-4-11(16)18-2/h17H,3-9H2,1-2H3,(H,13,15). The van der Waals surface area contributed by atoms with E-state index in [0.717, 1.165) is 6.54 Å². The van der Waals surface area contributed by atoms with Crippen molar-refractivity contribution in [3.63, 3.8) is 0 Å². The monoisotopic (exact) mass is 258 g/mol. The van der Waals surface area contributed by atoms with Crippen molar-refractivity contribution in [2.24, 2.45) is 0 Å². The third-order valence-corrected chi connectivity index (χ3v) is 3.01. The fourth-order valence-electron chi connectivity index (χ4n) is 2.00. The highest BCUT2D eigenvalue weighted by Crippen LogP contribution is 2.19. The molecule has 1 atom stereocenters. The second-order valence-electron chi connectivity index (χ2n) is 4.99. The third kappa shape index (κ3) is 5.46. The number of ether oxygens (including phenoxy) is 1. The van der Waals surface area contributed by atoms with Crippen molar-refractivity contribution in [3.05, 3.63) is 0 Å². The largest absolute Gasteiger partial charge is 0.469 e. The molecule has 1 aliphatic heterocycles. The molecule has 1 fully saturated rings. The molecule has 1 aliphatic rings. The van der Waals surface area contributed by atoms with Gasteiger partial charge in [0.15, 0.2) is 0 Å². The number of likely N-dealkylation sites (tertiary alicyclic amines) is 1. The van der Waals surface area contributed by atoms with Crippen molar-refractivity contribution in [2.75, 3.05) is 33.3 Å². The van der Waals surface area contributed by atoms with Gasteiger partial charge in [-0.2, -0.15) is 0 Å². The van der Waals surface area contributed by atoms with E-state index in [4.69, 9.17) is 0 Å². The molecule has 1 saturated heterocycles. The summed E-state index contributed by atoms with van der Waals surface area (Å²) in [5, 5.41) is 12.5. The second-order valence-corrected chi connectivity index (χ2v) is 4.99. The van der Waals surface area contributed by atoms with Crippen LogP contribution in [0.4, 0.5) is 0 Å². The van der Waals surface area contributed by atoms with Crippen molar-refractivity contribution in [2.45, 2.75) is 31.8 Å². The number of aliphatic hydroxyl groups is 1. The number of rotatable bonds is 6. The molecule has 1 heterocycles. The Morgan fingerprint density at radius 3 is 2.78 bits per heavy atom. The van der Waals surface area contributed by atoms with Gasteiger partial charge in [0.05, 0.1) is 19.3 Å². The van der Waals surface area contributed by atoms with Gasteiger partial charge >= 0.3 is 5.97 Å². The van der Waals surface area contributed by atoms with Crippen LogP contribution in [0.3, 0.4) is 0 Å². The van der Waals surface area contributed by atoms with Gasteiger partial charge in [-0.05, 0) is 19.8 Å². The zero-order valence-corrected chi connectivity index (χ0v) is 11.1. The Bertz CT molecular complexity index is 304. The molecule has 0 spiro atoms. The summed E-state index contributed by atoms with van der Waals surface area (Å²) in [7, 11) is 1.35. The predicted molar refractivity (Wildman–Crippen MR) is 65.9 cm³/mol. The van der Waals surface area contributed by atoms with Gasteiger partial charge < -0.3 is 15.2 Å². The van der Waals surface area contributed by atoms with Gasteiger partial charge in [-0.25, -0.2) is 0 Å². The lowest BCUT2D eigenvalue weighted by Gasteiger charge is -2.18. The van der Waals surface area contributed by atoms with Crippen LogP contribution < -0.4 is 5.32 Å². The minimum Gasteiger partial charge on any atom is -0.469 e. The number of nitrogens with zero attached hydrogens (tertiary/aromatic N) is 1. The van der Waals surface area contributed by atoms with Crippen LogP contribution in [0, 0.1) is 0 Å². The minimum atomic E-state index is -0.675. The Labute approximate surface area is 107 Å². The molecule has 104 valence electrons. The van der Waals surface area contributed by atoms with Crippen LogP contribution >= 0.6 is 0 Å². The Kier molecular flexibility index (Phi) is 5.55. The summed E-state index contributed by atoms with van der Waals surface area (Å²) in [5.41, 5.74) is -0.675. The van der Waals surface area contributed by atoms with Gasteiger partial charge in [-0.15, -0.1) is 0 Å². The van der Waals surface area contributed by atoms with Crippen molar-refractivity contribution < 1.29 is 19.4 Å². The SMILES string of the molecule is COC(=O)CCCNC(=O)CN1CCC(C)(O)C1. The number of amides is 1. The lowest BCUT2D eigenvalue weighted by Crippen LogP contribution is -2.38. The predicted octanol–water partition coefficient (Wildman–Crippen LogP) is -0.487. The van der Waals surface area contributed by atoms with Crippen LogP contribution in [0.15, 0.2) is 0 Å². The summed E-state index contributed by atoms with van der Waals surface area (Å²) in [6.45, 7) is 3.82. The van der Waals surface area contributed by atoms with E-state index in [-0.39, 0.29) is 11.9 Å². The van der Waals surface area contributed by atoms with E-state index in [1.807, 2.05) is 4.90 Å². The molecule has 18 heavy (non-hydrogen) atoms. The first-order valence-corrected chi connectivity index (χ1v) is 6.21. The molecule has 2 N–H and O–H groups in total. The van der Waals surface area contributed by atoms with Crippen molar-refractivity contribution >= 4 is 11.9 Å². The van der Waals surface area contributed by atoms with Crippen molar-refractivity contribution in [1.82, 2.24) is 10.2 Å². The average molecular weight is 258 g/mol. The van der Waals surface area contributed by atoms with Gasteiger partial charge in [-0.1, -0.05) is 0 Å². The van der Waals surface area contributed by atoms with E-state index in [9.17, 15) is 14.7 Å². The first kappa shape index (κ1) is 14.9. The molecule has 0 aromatic heterocycles. The first-order valence-electron chi connectivity index (χ1n) is 6.21. The van der Waals surface area contributed by atoms with Gasteiger partial charge in [-0.3, -0.25) is 14.5 Å². The number of hydrogen-bond acceptors (Lipinski definition) is 5. The fourth-order valence-corrected chi connectivity index (χ4v) is 2.00. The summed E-state index contributed by atoms with van der Waals surface area (Å²) in [4.78, 5) is 24.3. The van der Waals surface area contributed by atoms with E-state index in [1.165, 1.54) is 7.11 Å². The summed E-state index contributed by atoms with van der Waals surface area (Å²) in [5.74, 6) is -0.336. The summed E-state index contributed by atoms with van der Waals surface area (Å²) >= 11 is 0. The lowest BCUT2D eigenvalue weighted by molar-refractivity contribution is -0.140. The minimum absolute atomic E-state index is 0.0717. The molecule has 0 saturated carbocycles. The van der Waals surface area contributed by atoms with E-state index in [0.29, 0.717) is 38.9 Å². The maximum absolute atomic E-state index is 11.6. The van der Waals surface area contributed by atoms with Crippen LogP contribution in [0.1, 0.15) is 26.2 Å². The molecular formula is C12H22N2O4. The number of β-amino-alcohol motifs (C(OH)–C–C–N with tert-alkyl or cyclic N) is 1. The van der Waals surface area contributed by atoms with E-state index in [1.54, 1.807) is 6.92 Å². The van der Waals surface area contributed by atoms with Crippen molar-refractivity contribution in [1.29, 1.82) is 0 Å². The zero-order chi connectivity index (χ0) is 13.6. The molecule has 6 nitrogen and oxygen atoms in total. The average Bonchev–Trinajstić information content (AvgIpc) is 2.63. The molecule has 0 aliphatic carbocycles. The summed E-state index contributed by atoms with van der Waals surface area (Å²) in [6, 6.07) is 0. The molecule has 0 radical (unpaired) electrons. The normalized spacial score (nSPS) is 23.9. The Balaban J connectivity index is 2.09. The van der Waals surface area contributed by atoms with Crippen molar-refractivity contribution in [3.8, 4) is 0 Å². The molecule has 1 rings (SSSR count). The number of carbonyl (C=O) groups is 2. The van der Waals surface area contributed by atoms with Crippen LogP contribution in [0.25, 0.3) is 0 Å². The van der Waals surface area contributed by atoms with Crippen LogP contribution in [0.2, 0.25) is 0 Å². The molecule has 0 aromatic rings. The first-order chi connectivity index (χ1) is 8.43. The number of methoxy groups -OCH3 is 1. The Hall–Kier alpha value is -1.14. The smallest absolute Gasteiger partial charge is 0.305 e. The van der Waals surface area contributed by atoms with Gasteiger partial charge in [0.25, 0.3) is 0 Å². The number of nitrogens with one attached hydrogen (secondary N) is 1. The number of hydrogen-bond donors (Lipinski definition) is 2. The summed E-state index contributed by atoms with van der Waals surface area (Å²) in [6.07, 6.45) is 1.59. The third-order valence-electron chi connectivity index (χ3n) is 3.01. The van der Waals surface area contributed by atoms with Crippen LogP contribution in [-0.2, 0) is 14.3 Å². The summed E-state index contributed by atoms with van der Waals surface area (Å²) < 4.78 is 4.50. The van der Waals surface area contributed by atoms with Gasteiger partial charge in [0.1, 0.15) is 0 Å². The Morgan fingerprint density at radius 2 is 2.22 bits per heavy atom. The van der Waals surface area contributed by atoms with E-state index >= 15 is 0 Å². The molecule has 0 bridgehead atoms.